The first-order valence-electron chi connectivity index (χ1n) is 6.85. The lowest BCUT2D eigenvalue weighted by molar-refractivity contribution is 0.0624. The van der Waals surface area contributed by atoms with Gasteiger partial charge < -0.3 is 4.74 Å². The highest BCUT2D eigenvalue weighted by Gasteiger charge is 2.36. The van der Waals surface area contributed by atoms with Gasteiger partial charge in [-0.2, -0.15) is 0 Å². The van der Waals surface area contributed by atoms with Gasteiger partial charge in [-0.15, -0.1) is 0 Å². The minimum atomic E-state index is -0.438. The standard InChI is InChI=1S/C17H12BrNO4/c1-23-15-7-6-10(8-13(15)18)14(20)9-19-16(21)11-4-2-3-5-12(11)17(19)22/h2-8H,9H2,1H3. The van der Waals surface area contributed by atoms with E-state index in [-0.39, 0.29) is 12.3 Å². The van der Waals surface area contributed by atoms with Crippen molar-refractivity contribution < 1.29 is 19.1 Å². The summed E-state index contributed by atoms with van der Waals surface area (Å²) in [6.07, 6.45) is 0. The third-order valence-corrected chi connectivity index (χ3v) is 4.27. The highest BCUT2D eigenvalue weighted by atomic mass is 79.9. The van der Waals surface area contributed by atoms with Crippen LogP contribution in [0.5, 0.6) is 5.75 Å². The molecule has 0 atom stereocenters. The number of ether oxygens (including phenoxy) is 1. The summed E-state index contributed by atoms with van der Waals surface area (Å²) in [6, 6.07) is 11.4. The number of fused-ring (bicyclic) bond motifs is 1. The molecule has 116 valence electrons. The van der Waals surface area contributed by atoms with E-state index in [1.54, 1.807) is 42.5 Å². The van der Waals surface area contributed by atoms with Gasteiger partial charge >= 0.3 is 0 Å². The molecule has 0 N–H and O–H groups in total. The van der Waals surface area contributed by atoms with Crippen LogP contribution in [-0.2, 0) is 0 Å². The number of carbonyl (C=O) groups excluding carboxylic acids is 3. The van der Waals surface area contributed by atoms with Gasteiger partial charge in [0.15, 0.2) is 5.78 Å². The van der Waals surface area contributed by atoms with E-state index in [0.29, 0.717) is 26.9 Å². The highest BCUT2D eigenvalue weighted by molar-refractivity contribution is 9.10. The Balaban J connectivity index is 1.83. The van der Waals surface area contributed by atoms with Crippen LogP contribution in [0.4, 0.5) is 0 Å². The van der Waals surface area contributed by atoms with Gasteiger partial charge in [0.05, 0.1) is 29.3 Å². The zero-order chi connectivity index (χ0) is 16.6. The van der Waals surface area contributed by atoms with Crippen LogP contribution < -0.4 is 4.74 Å². The first-order chi connectivity index (χ1) is 11.0. The van der Waals surface area contributed by atoms with Crippen LogP contribution in [0, 0.1) is 0 Å². The lowest BCUT2D eigenvalue weighted by atomic mass is 10.1. The molecule has 0 radical (unpaired) electrons. The Hall–Kier alpha value is -2.47. The summed E-state index contributed by atoms with van der Waals surface area (Å²) in [4.78, 5) is 37.9. The molecule has 6 heteroatoms. The van der Waals surface area contributed by atoms with E-state index >= 15 is 0 Å². The lowest BCUT2D eigenvalue weighted by Gasteiger charge is -2.13. The van der Waals surface area contributed by atoms with Crippen LogP contribution in [0.2, 0.25) is 0 Å². The fourth-order valence-electron chi connectivity index (χ4n) is 2.46. The quantitative estimate of drug-likeness (QED) is 0.610. The van der Waals surface area contributed by atoms with Gasteiger partial charge in [0, 0.05) is 5.56 Å². The average Bonchev–Trinajstić information content (AvgIpc) is 2.80. The predicted octanol–water partition coefficient (Wildman–Crippen LogP) is 2.94. The molecule has 2 aromatic rings. The van der Waals surface area contributed by atoms with E-state index < -0.39 is 11.8 Å². The van der Waals surface area contributed by atoms with Crippen LogP contribution in [-0.4, -0.2) is 36.2 Å². The minimum Gasteiger partial charge on any atom is -0.496 e. The Morgan fingerprint density at radius 3 is 2.22 bits per heavy atom. The Kier molecular flexibility index (Phi) is 4.00. The summed E-state index contributed by atoms with van der Waals surface area (Å²) in [6.45, 7) is -0.287. The highest BCUT2D eigenvalue weighted by Crippen LogP contribution is 2.27. The van der Waals surface area contributed by atoms with E-state index in [4.69, 9.17) is 4.74 Å². The Morgan fingerprint density at radius 1 is 1.09 bits per heavy atom. The summed E-state index contributed by atoms with van der Waals surface area (Å²) < 4.78 is 5.75. The zero-order valence-electron chi connectivity index (χ0n) is 12.2. The normalized spacial score (nSPS) is 13.2. The van der Waals surface area contributed by atoms with E-state index in [9.17, 15) is 14.4 Å². The van der Waals surface area contributed by atoms with Gasteiger partial charge in [-0.05, 0) is 46.3 Å². The molecule has 1 aliphatic heterocycles. The monoisotopic (exact) mass is 373 g/mol. The maximum atomic E-state index is 12.4. The van der Waals surface area contributed by atoms with Crippen LogP contribution in [0.1, 0.15) is 31.1 Å². The van der Waals surface area contributed by atoms with Crippen molar-refractivity contribution in [2.45, 2.75) is 0 Å². The topological polar surface area (TPSA) is 63.7 Å². The van der Waals surface area contributed by atoms with Crippen molar-refractivity contribution in [1.29, 1.82) is 0 Å². The molecule has 0 saturated carbocycles. The summed E-state index contributed by atoms with van der Waals surface area (Å²) in [5.74, 6) is -0.594. The van der Waals surface area contributed by atoms with E-state index in [1.807, 2.05) is 0 Å². The number of ketones is 1. The first kappa shape index (κ1) is 15.4. The van der Waals surface area contributed by atoms with Crippen LogP contribution in [0.15, 0.2) is 46.9 Å². The Labute approximate surface area is 141 Å². The number of benzene rings is 2. The van der Waals surface area contributed by atoms with Crippen molar-refractivity contribution in [3.63, 3.8) is 0 Å². The van der Waals surface area contributed by atoms with Gasteiger partial charge in [0.1, 0.15) is 5.75 Å². The molecule has 3 rings (SSSR count). The first-order valence-corrected chi connectivity index (χ1v) is 7.64. The third kappa shape index (κ3) is 2.66. The summed E-state index contributed by atoms with van der Waals surface area (Å²) in [7, 11) is 1.53. The van der Waals surface area contributed by atoms with Crippen molar-refractivity contribution in [2.75, 3.05) is 13.7 Å². The minimum absolute atomic E-state index is 0.287. The molecule has 0 aromatic heterocycles. The smallest absolute Gasteiger partial charge is 0.261 e. The molecule has 2 amide bonds. The van der Waals surface area contributed by atoms with Gasteiger partial charge in [-0.3, -0.25) is 19.3 Å². The fourth-order valence-corrected chi connectivity index (χ4v) is 3.00. The average molecular weight is 374 g/mol. The molecule has 1 heterocycles. The summed E-state index contributed by atoms with van der Waals surface area (Å²) >= 11 is 3.31. The van der Waals surface area contributed by atoms with Gasteiger partial charge in [-0.1, -0.05) is 12.1 Å². The van der Waals surface area contributed by atoms with Crippen molar-refractivity contribution in [3.05, 3.63) is 63.6 Å². The van der Waals surface area contributed by atoms with Crippen LogP contribution >= 0.6 is 15.9 Å². The van der Waals surface area contributed by atoms with Gasteiger partial charge in [-0.25, -0.2) is 0 Å². The summed E-state index contributed by atoms with van der Waals surface area (Å²) in [5, 5.41) is 0. The number of Topliss-reactive ketones (excluding diaryl/α,β-unsaturated/α-hetero) is 1. The van der Waals surface area contributed by atoms with Gasteiger partial charge in [0.25, 0.3) is 11.8 Å². The maximum Gasteiger partial charge on any atom is 0.261 e. The van der Waals surface area contributed by atoms with Crippen LogP contribution in [0.25, 0.3) is 0 Å². The van der Waals surface area contributed by atoms with Crippen molar-refractivity contribution in [2.24, 2.45) is 0 Å². The van der Waals surface area contributed by atoms with Crippen molar-refractivity contribution >= 4 is 33.5 Å². The second-order valence-electron chi connectivity index (χ2n) is 5.01. The SMILES string of the molecule is COc1ccc(C(=O)CN2C(=O)c3ccccc3C2=O)cc1Br. The number of imide groups is 1. The van der Waals surface area contributed by atoms with Crippen molar-refractivity contribution in [1.82, 2.24) is 4.90 Å². The molecule has 1 aliphatic rings. The molecule has 5 nitrogen and oxygen atoms in total. The van der Waals surface area contributed by atoms with Gasteiger partial charge in [0.2, 0.25) is 0 Å². The number of halogens is 1. The second-order valence-corrected chi connectivity index (χ2v) is 5.87. The van der Waals surface area contributed by atoms with E-state index in [2.05, 4.69) is 15.9 Å². The van der Waals surface area contributed by atoms with E-state index in [1.165, 1.54) is 7.11 Å². The van der Waals surface area contributed by atoms with E-state index in [0.717, 1.165) is 4.90 Å². The number of hydrogen-bond acceptors (Lipinski definition) is 4. The third-order valence-electron chi connectivity index (χ3n) is 3.65. The molecular formula is C17H12BrNO4. The molecule has 23 heavy (non-hydrogen) atoms. The molecular weight excluding hydrogens is 362 g/mol. The number of rotatable bonds is 4. The lowest BCUT2D eigenvalue weighted by Crippen LogP contribution is -2.34. The fraction of sp³-hybridized carbons (Fsp3) is 0.118. The molecule has 0 unspecified atom stereocenters. The number of amides is 2. The number of hydrogen-bond donors (Lipinski definition) is 0. The molecule has 2 aromatic carbocycles. The Bertz CT molecular complexity index is 796. The molecule has 0 aliphatic carbocycles. The largest absolute Gasteiger partial charge is 0.496 e. The number of nitrogens with zero attached hydrogens (tertiary/aromatic N) is 1. The molecule has 0 spiro atoms. The summed E-state index contributed by atoms with van der Waals surface area (Å²) in [5.41, 5.74) is 1.07. The van der Waals surface area contributed by atoms with Crippen molar-refractivity contribution in [3.8, 4) is 5.75 Å². The predicted molar refractivity (Wildman–Crippen MR) is 86.8 cm³/mol. The molecule has 0 saturated heterocycles. The number of methoxy groups -OCH3 is 1. The maximum absolute atomic E-state index is 12.4. The zero-order valence-corrected chi connectivity index (χ0v) is 13.8. The molecule has 0 bridgehead atoms. The Morgan fingerprint density at radius 2 is 1.70 bits per heavy atom. The second kappa shape index (κ2) is 5.96. The number of carbonyl (C=O) groups is 3. The molecule has 0 fully saturated rings. The van der Waals surface area contributed by atoms with Crippen LogP contribution in [0.3, 0.4) is 0 Å².